The first kappa shape index (κ1) is 19.1. The van der Waals surface area contributed by atoms with Crippen molar-refractivity contribution in [1.29, 1.82) is 0 Å². The Morgan fingerprint density at radius 3 is 1.95 bits per heavy atom. The third-order valence-electron chi connectivity index (χ3n) is 4.08. The molecule has 0 spiro atoms. The number of nitrogens with two attached hydrogens (primary N) is 1. The van der Waals surface area contributed by atoms with E-state index in [0.717, 1.165) is 24.9 Å². The fourth-order valence-electron chi connectivity index (χ4n) is 2.61. The first-order chi connectivity index (χ1) is 10.4. The summed E-state index contributed by atoms with van der Waals surface area (Å²) in [6.07, 6.45) is 9.70. The molecule has 0 radical (unpaired) electrons. The van der Waals surface area contributed by atoms with Crippen LogP contribution in [-0.4, -0.2) is 19.5 Å². The van der Waals surface area contributed by atoms with Gasteiger partial charge < -0.3 is 10.3 Å². The first-order valence-electron chi connectivity index (χ1n) is 8.21. The van der Waals surface area contributed by atoms with Crippen molar-refractivity contribution in [2.45, 2.75) is 69.1 Å². The molecule has 1 atom stereocenters. The molecular formula is C17H28NO3S-. The lowest BCUT2D eigenvalue weighted by molar-refractivity contribution is 0.463. The van der Waals surface area contributed by atoms with Crippen LogP contribution in [0.4, 0.5) is 0 Å². The molecule has 0 aliphatic carbocycles. The molecule has 0 saturated heterocycles. The molecule has 1 aromatic rings. The van der Waals surface area contributed by atoms with E-state index in [9.17, 15) is 13.0 Å². The summed E-state index contributed by atoms with van der Waals surface area (Å²) in [5.41, 5.74) is 6.55. The van der Waals surface area contributed by atoms with Gasteiger partial charge in [0.15, 0.2) is 0 Å². The lowest BCUT2D eigenvalue weighted by Gasteiger charge is -2.13. The summed E-state index contributed by atoms with van der Waals surface area (Å²) in [6.45, 7) is 2.94. The van der Waals surface area contributed by atoms with Gasteiger partial charge in [0, 0.05) is 0 Å². The summed E-state index contributed by atoms with van der Waals surface area (Å²) in [5, 5.41) is 0. The summed E-state index contributed by atoms with van der Waals surface area (Å²) in [7, 11) is -4.34. The molecule has 5 heteroatoms. The van der Waals surface area contributed by atoms with Crippen molar-refractivity contribution in [1.82, 2.24) is 0 Å². The third kappa shape index (κ3) is 7.38. The monoisotopic (exact) mass is 326 g/mol. The van der Waals surface area contributed by atoms with Crippen molar-refractivity contribution in [2.75, 3.05) is 6.54 Å². The Bertz CT molecular complexity index is 511. The van der Waals surface area contributed by atoms with Crippen LogP contribution in [0.1, 0.15) is 69.8 Å². The van der Waals surface area contributed by atoms with Gasteiger partial charge in [-0.05, 0) is 43.0 Å². The van der Waals surface area contributed by atoms with E-state index in [1.54, 1.807) is 12.1 Å². The van der Waals surface area contributed by atoms with E-state index in [1.165, 1.54) is 50.7 Å². The zero-order valence-electron chi connectivity index (χ0n) is 13.5. The largest absolute Gasteiger partial charge is 0.744 e. The fourth-order valence-corrected chi connectivity index (χ4v) is 3.08. The summed E-state index contributed by atoms with van der Waals surface area (Å²) in [5.74, 6) is 0.389. The minimum Gasteiger partial charge on any atom is -0.744 e. The predicted octanol–water partition coefficient (Wildman–Crippen LogP) is 3.77. The smallest absolute Gasteiger partial charge is 0.124 e. The van der Waals surface area contributed by atoms with E-state index in [2.05, 4.69) is 6.92 Å². The highest BCUT2D eigenvalue weighted by Crippen LogP contribution is 2.23. The maximum absolute atomic E-state index is 10.9. The second-order valence-electron chi connectivity index (χ2n) is 5.98. The highest BCUT2D eigenvalue weighted by Gasteiger charge is 2.07. The van der Waals surface area contributed by atoms with Crippen molar-refractivity contribution in [3.63, 3.8) is 0 Å². The van der Waals surface area contributed by atoms with Crippen LogP contribution in [0.5, 0.6) is 0 Å². The van der Waals surface area contributed by atoms with Gasteiger partial charge in [-0.25, -0.2) is 8.42 Å². The molecule has 1 aromatic carbocycles. The standard InChI is InChI=1S/C17H29NO3S/c1-15(9-7-5-3-2-4-6-8-14-18)16-10-12-17(13-11-16)22(19,20)21/h10-13,15H,2-9,14,18H2,1H3,(H,19,20,21)/p-1. The zero-order valence-corrected chi connectivity index (χ0v) is 14.3. The van der Waals surface area contributed by atoms with E-state index >= 15 is 0 Å². The molecular weight excluding hydrogens is 298 g/mol. The van der Waals surface area contributed by atoms with Gasteiger partial charge in [-0.1, -0.05) is 57.6 Å². The van der Waals surface area contributed by atoms with Crippen LogP contribution in [0.2, 0.25) is 0 Å². The zero-order chi connectivity index (χ0) is 16.4. The van der Waals surface area contributed by atoms with Crippen LogP contribution in [0.3, 0.4) is 0 Å². The van der Waals surface area contributed by atoms with Gasteiger partial charge in [-0.2, -0.15) is 0 Å². The first-order valence-corrected chi connectivity index (χ1v) is 9.62. The molecule has 0 saturated carbocycles. The number of hydrogen-bond acceptors (Lipinski definition) is 4. The Hall–Kier alpha value is -0.910. The van der Waals surface area contributed by atoms with Gasteiger partial charge in [0.25, 0.3) is 0 Å². The average Bonchev–Trinajstić information content (AvgIpc) is 2.49. The third-order valence-corrected chi connectivity index (χ3v) is 4.93. The van der Waals surface area contributed by atoms with Gasteiger partial charge in [-0.3, -0.25) is 0 Å². The topological polar surface area (TPSA) is 83.2 Å². The van der Waals surface area contributed by atoms with E-state index < -0.39 is 10.1 Å². The molecule has 0 bridgehead atoms. The van der Waals surface area contributed by atoms with Crippen molar-refractivity contribution in [2.24, 2.45) is 5.73 Å². The Morgan fingerprint density at radius 2 is 1.45 bits per heavy atom. The minimum atomic E-state index is -4.34. The number of benzene rings is 1. The summed E-state index contributed by atoms with van der Waals surface area (Å²) < 4.78 is 32.7. The quantitative estimate of drug-likeness (QED) is 0.495. The van der Waals surface area contributed by atoms with E-state index in [4.69, 9.17) is 5.73 Å². The molecule has 1 rings (SSSR count). The van der Waals surface area contributed by atoms with Gasteiger partial charge in [0.2, 0.25) is 0 Å². The normalized spacial score (nSPS) is 13.2. The molecule has 2 N–H and O–H groups in total. The van der Waals surface area contributed by atoms with Gasteiger partial charge in [0.05, 0.1) is 4.90 Å². The van der Waals surface area contributed by atoms with Crippen LogP contribution in [0.15, 0.2) is 29.2 Å². The molecule has 126 valence electrons. The molecule has 0 aliphatic rings. The Balaban J connectivity index is 2.24. The lowest BCUT2D eigenvalue weighted by Crippen LogP contribution is -2.00. The molecule has 4 nitrogen and oxygen atoms in total. The highest BCUT2D eigenvalue weighted by atomic mass is 32.2. The Kier molecular flexibility index (Phi) is 8.68. The Labute approximate surface area is 134 Å². The maximum atomic E-state index is 10.9. The molecule has 22 heavy (non-hydrogen) atoms. The van der Waals surface area contributed by atoms with Crippen molar-refractivity contribution in [3.8, 4) is 0 Å². The molecule has 0 aromatic heterocycles. The number of unbranched alkanes of at least 4 members (excludes halogenated alkanes) is 6. The fraction of sp³-hybridized carbons (Fsp3) is 0.647. The SMILES string of the molecule is CC(CCCCCCCCCN)c1ccc(S(=O)(=O)[O-])cc1. The highest BCUT2D eigenvalue weighted by molar-refractivity contribution is 7.85. The number of hydrogen-bond donors (Lipinski definition) is 1. The van der Waals surface area contributed by atoms with E-state index in [0.29, 0.717) is 5.92 Å². The lowest BCUT2D eigenvalue weighted by atomic mass is 9.95. The molecule has 1 unspecified atom stereocenters. The van der Waals surface area contributed by atoms with Crippen LogP contribution >= 0.6 is 0 Å². The minimum absolute atomic E-state index is 0.152. The van der Waals surface area contributed by atoms with Crippen molar-refractivity contribution < 1.29 is 13.0 Å². The van der Waals surface area contributed by atoms with Crippen molar-refractivity contribution in [3.05, 3.63) is 29.8 Å². The van der Waals surface area contributed by atoms with E-state index in [-0.39, 0.29) is 4.90 Å². The summed E-state index contributed by atoms with van der Waals surface area (Å²) >= 11 is 0. The molecule has 0 heterocycles. The second kappa shape index (κ2) is 9.98. The van der Waals surface area contributed by atoms with Gasteiger partial charge in [0.1, 0.15) is 10.1 Å². The Morgan fingerprint density at radius 1 is 0.955 bits per heavy atom. The number of rotatable bonds is 11. The van der Waals surface area contributed by atoms with Crippen LogP contribution in [0.25, 0.3) is 0 Å². The van der Waals surface area contributed by atoms with Gasteiger partial charge in [-0.15, -0.1) is 0 Å². The van der Waals surface area contributed by atoms with Crippen LogP contribution in [0, 0.1) is 0 Å². The molecule has 0 fully saturated rings. The maximum Gasteiger partial charge on any atom is 0.124 e. The summed E-state index contributed by atoms with van der Waals surface area (Å²) in [4.78, 5) is -0.152. The van der Waals surface area contributed by atoms with E-state index in [1.807, 2.05) is 0 Å². The van der Waals surface area contributed by atoms with Crippen molar-refractivity contribution >= 4 is 10.1 Å². The molecule has 0 amide bonds. The average molecular weight is 326 g/mol. The second-order valence-corrected chi connectivity index (χ2v) is 7.36. The summed E-state index contributed by atoms with van der Waals surface area (Å²) in [6, 6.07) is 6.32. The predicted molar refractivity (Wildman–Crippen MR) is 88.8 cm³/mol. The van der Waals surface area contributed by atoms with Gasteiger partial charge >= 0.3 is 0 Å². The van der Waals surface area contributed by atoms with Crippen LogP contribution < -0.4 is 5.73 Å². The van der Waals surface area contributed by atoms with Crippen LogP contribution in [-0.2, 0) is 10.1 Å². The molecule has 0 aliphatic heterocycles.